The highest BCUT2D eigenvalue weighted by Crippen LogP contribution is 2.15. The lowest BCUT2D eigenvalue weighted by Crippen LogP contribution is -2.04. The number of hydrogen-bond acceptors (Lipinski definition) is 3. The molecule has 0 fully saturated rings. The van der Waals surface area contributed by atoms with Crippen LogP contribution in [-0.4, -0.2) is 31.5 Å². The number of aromatic nitrogens is 3. The molecule has 0 aliphatic heterocycles. The number of aromatic amines is 1. The minimum Gasteiger partial charge on any atom is -0.617 e. The van der Waals surface area contributed by atoms with Crippen LogP contribution in [0, 0.1) is 0 Å². The standard InChI is InChI=1S/C12H15N3OS/c1-17(16)8-2-3-12-14-9-11(15-12)10-4-6-13-7-5-10/h4-7,9H,2-3,8H2,1H3,(H,14,15). The Kier molecular flexibility index (Phi) is 4.17. The van der Waals surface area contributed by atoms with E-state index >= 15 is 0 Å². The van der Waals surface area contributed by atoms with Crippen molar-refractivity contribution in [1.29, 1.82) is 0 Å². The van der Waals surface area contributed by atoms with Gasteiger partial charge in [-0.1, -0.05) is 11.2 Å². The molecule has 5 heteroatoms. The maximum absolute atomic E-state index is 10.9. The molecule has 2 aromatic rings. The van der Waals surface area contributed by atoms with Crippen molar-refractivity contribution in [3.63, 3.8) is 0 Å². The summed E-state index contributed by atoms with van der Waals surface area (Å²) < 4.78 is 10.9. The van der Waals surface area contributed by atoms with Crippen molar-refractivity contribution in [2.24, 2.45) is 0 Å². The van der Waals surface area contributed by atoms with Gasteiger partial charge in [-0.15, -0.1) is 0 Å². The molecule has 0 radical (unpaired) electrons. The summed E-state index contributed by atoms with van der Waals surface area (Å²) in [6.45, 7) is 0. The van der Waals surface area contributed by atoms with Gasteiger partial charge in [0.2, 0.25) is 0 Å². The van der Waals surface area contributed by atoms with Crippen LogP contribution >= 0.6 is 0 Å². The van der Waals surface area contributed by atoms with Gasteiger partial charge in [0.15, 0.2) is 0 Å². The maximum atomic E-state index is 10.9. The molecule has 90 valence electrons. The Hall–Kier alpha value is -1.33. The fourth-order valence-corrected chi connectivity index (χ4v) is 2.16. The average Bonchev–Trinajstić information content (AvgIpc) is 2.78. The van der Waals surface area contributed by atoms with Gasteiger partial charge in [0.1, 0.15) is 11.6 Å². The van der Waals surface area contributed by atoms with Gasteiger partial charge in [0, 0.05) is 24.4 Å². The molecule has 2 aromatic heterocycles. The smallest absolute Gasteiger partial charge is 0.106 e. The van der Waals surface area contributed by atoms with E-state index in [0.29, 0.717) is 0 Å². The summed E-state index contributed by atoms with van der Waals surface area (Å²) in [5.41, 5.74) is 2.08. The Balaban J connectivity index is 1.97. The lowest BCUT2D eigenvalue weighted by Gasteiger charge is -2.02. The first kappa shape index (κ1) is 12.1. The number of nitrogens with one attached hydrogen (secondary N) is 1. The zero-order valence-electron chi connectivity index (χ0n) is 9.72. The fraction of sp³-hybridized carbons (Fsp3) is 0.333. The van der Waals surface area contributed by atoms with E-state index in [1.165, 1.54) is 0 Å². The van der Waals surface area contributed by atoms with E-state index in [9.17, 15) is 4.55 Å². The molecule has 0 amide bonds. The molecule has 0 bridgehead atoms. The van der Waals surface area contributed by atoms with Gasteiger partial charge in [-0.05, 0) is 18.6 Å². The molecule has 17 heavy (non-hydrogen) atoms. The predicted octanol–water partition coefficient (Wildman–Crippen LogP) is 1.78. The highest BCUT2D eigenvalue weighted by atomic mass is 32.2. The second-order valence-corrected chi connectivity index (χ2v) is 5.41. The van der Waals surface area contributed by atoms with Crippen LogP contribution in [0.2, 0.25) is 0 Å². The van der Waals surface area contributed by atoms with E-state index in [2.05, 4.69) is 15.0 Å². The van der Waals surface area contributed by atoms with E-state index in [0.717, 1.165) is 35.7 Å². The van der Waals surface area contributed by atoms with Crippen LogP contribution in [0.1, 0.15) is 12.2 Å². The summed E-state index contributed by atoms with van der Waals surface area (Å²) in [5.74, 6) is 1.67. The third-order valence-electron chi connectivity index (χ3n) is 2.47. The Bertz CT molecular complexity index is 456. The van der Waals surface area contributed by atoms with Crippen molar-refractivity contribution >= 4 is 11.2 Å². The van der Waals surface area contributed by atoms with Crippen LogP contribution in [0.15, 0.2) is 30.7 Å². The molecule has 2 rings (SSSR count). The summed E-state index contributed by atoms with van der Waals surface area (Å²) in [6, 6.07) is 3.89. The van der Waals surface area contributed by atoms with Crippen LogP contribution in [0.3, 0.4) is 0 Å². The fourth-order valence-electron chi connectivity index (χ4n) is 1.61. The summed E-state index contributed by atoms with van der Waals surface area (Å²) in [4.78, 5) is 11.6. The lowest BCUT2D eigenvalue weighted by molar-refractivity contribution is 0.597. The third-order valence-corrected chi connectivity index (χ3v) is 3.33. The molecule has 1 unspecified atom stereocenters. The van der Waals surface area contributed by atoms with E-state index < -0.39 is 11.2 Å². The van der Waals surface area contributed by atoms with Gasteiger partial charge in [-0.25, -0.2) is 4.98 Å². The van der Waals surface area contributed by atoms with Crippen LogP contribution in [0.25, 0.3) is 11.3 Å². The van der Waals surface area contributed by atoms with Gasteiger partial charge in [0.25, 0.3) is 0 Å². The molecule has 0 aromatic carbocycles. The Morgan fingerprint density at radius 3 is 2.82 bits per heavy atom. The molecule has 2 heterocycles. The normalized spacial score (nSPS) is 12.6. The second kappa shape index (κ2) is 5.84. The molecule has 0 saturated carbocycles. The summed E-state index contributed by atoms with van der Waals surface area (Å²) in [5, 5.41) is 0. The van der Waals surface area contributed by atoms with Gasteiger partial charge in [-0.3, -0.25) is 4.98 Å². The third kappa shape index (κ3) is 3.57. The summed E-state index contributed by atoms with van der Waals surface area (Å²) in [7, 11) is 0. The Morgan fingerprint density at radius 2 is 2.12 bits per heavy atom. The molecule has 0 aliphatic carbocycles. The van der Waals surface area contributed by atoms with E-state index in [1.54, 1.807) is 18.6 Å². The SMILES string of the molecule is C[S+]([O-])CCCc1ncc(-c2ccncc2)[nH]1. The number of pyridine rings is 1. The van der Waals surface area contributed by atoms with Crippen LogP contribution in [0.4, 0.5) is 0 Å². The number of H-pyrrole nitrogens is 1. The lowest BCUT2D eigenvalue weighted by atomic mass is 10.2. The molecule has 0 saturated heterocycles. The van der Waals surface area contributed by atoms with Gasteiger partial charge in [-0.2, -0.15) is 0 Å². The van der Waals surface area contributed by atoms with Gasteiger partial charge in [0.05, 0.1) is 18.1 Å². The topological polar surface area (TPSA) is 64.6 Å². The van der Waals surface area contributed by atoms with Crippen molar-refractivity contribution < 1.29 is 4.55 Å². The molecular weight excluding hydrogens is 234 g/mol. The van der Waals surface area contributed by atoms with Crippen molar-refractivity contribution in [1.82, 2.24) is 15.0 Å². The van der Waals surface area contributed by atoms with Crippen molar-refractivity contribution in [2.45, 2.75) is 12.8 Å². The predicted molar refractivity (Wildman–Crippen MR) is 69.1 cm³/mol. The summed E-state index contributed by atoms with van der Waals surface area (Å²) in [6.07, 6.45) is 8.81. The number of aryl methyl sites for hydroxylation is 1. The molecule has 1 N–H and O–H groups in total. The highest BCUT2D eigenvalue weighted by molar-refractivity contribution is 7.90. The van der Waals surface area contributed by atoms with E-state index in [-0.39, 0.29) is 0 Å². The maximum Gasteiger partial charge on any atom is 0.106 e. The van der Waals surface area contributed by atoms with Gasteiger partial charge < -0.3 is 9.54 Å². The minimum absolute atomic E-state index is 0.718. The molecular formula is C12H15N3OS. The molecule has 0 spiro atoms. The minimum atomic E-state index is -0.718. The molecule has 1 atom stereocenters. The molecule has 0 aliphatic rings. The number of rotatable bonds is 5. The van der Waals surface area contributed by atoms with Crippen LogP contribution in [0.5, 0.6) is 0 Å². The van der Waals surface area contributed by atoms with Crippen molar-refractivity contribution in [3.05, 3.63) is 36.5 Å². The Morgan fingerprint density at radius 1 is 1.35 bits per heavy atom. The first-order valence-corrected chi connectivity index (χ1v) is 7.23. The quantitative estimate of drug-likeness (QED) is 0.821. The average molecular weight is 249 g/mol. The monoisotopic (exact) mass is 249 g/mol. The first-order chi connectivity index (χ1) is 8.25. The zero-order chi connectivity index (χ0) is 12.1. The van der Waals surface area contributed by atoms with Crippen molar-refractivity contribution in [2.75, 3.05) is 12.0 Å². The number of imidazole rings is 1. The Labute approximate surface area is 104 Å². The van der Waals surface area contributed by atoms with E-state index in [4.69, 9.17) is 0 Å². The van der Waals surface area contributed by atoms with Gasteiger partial charge >= 0.3 is 0 Å². The number of hydrogen-bond donors (Lipinski definition) is 1. The zero-order valence-corrected chi connectivity index (χ0v) is 10.5. The highest BCUT2D eigenvalue weighted by Gasteiger charge is 2.04. The number of nitrogens with zero attached hydrogens (tertiary/aromatic N) is 2. The summed E-state index contributed by atoms with van der Waals surface area (Å²) >= 11 is -0.718. The molecule has 4 nitrogen and oxygen atoms in total. The van der Waals surface area contributed by atoms with E-state index in [1.807, 2.05) is 18.3 Å². The largest absolute Gasteiger partial charge is 0.617 e. The second-order valence-electron chi connectivity index (χ2n) is 3.86. The van der Waals surface area contributed by atoms with Crippen LogP contribution < -0.4 is 0 Å². The first-order valence-electron chi connectivity index (χ1n) is 5.50. The van der Waals surface area contributed by atoms with Crippen molar-refractivity contribution in [3.8, 4) is 11.3 Å². The van der Waals surface area contributed by atoms with Crippen LogP contribution in [-0.2, 0) is 17.6 Å².